The summed E-state index contributed by atoms with van der Waals surface area (Å²) in [5.41, 5.74) is 5.79. The van der Waals surface area contributed by atoms with Gasteiger partial charge in [-0.05, 0) is 62.6 Å². The largest absolute Gasteiger partial charge is 0.462 e. The van der Waals surface area contributed by atoms with Gasteiger partial charge in [-0.1, -0.05) is 41.9 Å². The zero-order chi connectivity index (χ0) is 27.4. The maximum atomic E-state index is 13.2. The van der Waals surface area contributed by atoms with Gasteiger partial charge in [-0.25, -0.2) is 4.98 Å². The van der Waals surface area contributed by atoms with Crippen molar-refractivity contribution in [3.63, 3.8) is 0 Å². The molecule has 6 nitrogen and oxygen atoms in total. The first-order valence-electron chi connectivity index (χ1n) is 11.5. The molecule has 0 bridgehead atoms. The van der Waals surface area contributed by atoms with Crippen LogP contribution in [0.3, 0.4) is 0 Å². The number of carbonyl (C=O) groups excluding carboxylic acids is 1. The summed E-state index contributed by atoms with van der Waals surface area (Å²) in [5.74, 6) is -0.843. The van der Waals surface area contributed by atoms with Gasteiger partial charge in [0, 0.05) is 34.8 Å². The Morgan fingerprint density at radius 3 is 2.38 bits per heavy atom. The molecule has 0 aliphatic carbocycles. The number of nitrogen functional groups attached to an aromatic ring is 1. The minimum Gasteiger partial charge on any atom is -0.462 e. The summed E-state index contributed by atoms with van der Waals surface area (Å²) in [6.45, 7) is 4.88. The lowest BCUT2D eigenvalue weighted by Gasteiger charge is -2.31. The van der Waals surface area contributed by atoms with Gasteiger partial charge in [-0.15, -0.1) is 0 Å². The number of amidine groups is 1. The number of nitrogens with zero attached hydrogens (tertiary/aromatic N) is 1. The van der Waals surface area contributed by atoms with Gasteiger partial charge in [0.15, 0.2) is 5.60 Å². The second kappa shape index (κ2) is 11.2. The van der Waals surface area contributed by atoms with Gasteiger partial charge in [-0.2, -0.15) is 13.2 Å². The van der Waals surface area contributed by atoms with E-state index in [1.807, 2.05) is 31.2 Å². The Bertz CT molecular complexity index is 1250. The average Bonchev–Trinajstić information content (AvgIpc) is 2.83. The van der Waals surface area contributed by atoms with E-state index >= 15 is 0 Å². The van der Waals surface area contributed by atoms with Crippen LogP contribution in [0.5, 0.6) is 5.88 Å². The Kier molecular flexibility index (Phi) is 8.48. The van der Waals surface area contributed by atoms with E-state index in [0.717, 1.165) is 23.3 Å². The highest BCUT2D eigenvalue weighted by Crippen LogP contribution is 2.30. The minimum absolute atomic E-state index is 0.0673. The van der Waals surface area contributed by atoms with Crippen LogP contribution >= 0.6 is 11.6 Å². The van der Waals surface area contributed by atoms with Crippen LogP contribution < -0.4 is 15.8 Å². The smallest absolute Gasteiger partial charge is 0.417 e. The maximum Gasteiger partial charge on any atom is 0.417 e. The molecular weight excluding hydrogens is 505 g/mol. The van der Waals surface area contributed by atoms with Gasteiger partial charge < -0.3 is 15.8 Å². The topological polar surface area (TPSA) is 101 Å². The molecule has 196 valence electrons. The molecule has 0 aliphatic rings. The molecule has 3 rings (SSSR count). The third kappa shape index (κ3) is 7.45. The standard InChI is InChI=1S/C27H28ClF3N4O2/c1-16(35-25(36)26(2,3)37-23-12-9-20(15-34-23)27(29,30)31)22(13-17-7-10-21(28)11-8-17)18-5-4-6-19(14-18)24(32)33/h4-12,14-16,22H,13H2,1-3H3,(H3,32,33)(H,35,36). The van der Waals surface area contributed by atoms with E-state index < -0.39 is 29.3 Å². The predicted octanol–water partition coefficient (Wildman–Crippen LogP) is 5.73. The summed E-state index contributed by atoms with van der Waals surface area (Å²) in [6, 6.07) is 16.2. The van der Waals surface area contributed by atoms with Crippen molar-refractivity contribution in [3.05, 3.63) is 94.1 Å². The highest BCUT2D eigenvalue weighted by molar-refractivity contribution is 6.30. The molecule has 1 amide bonds. The average molecular weight is 533 g/mol. The molecule has 0 radical (unpaired) electrons. The van der Waals surface area contributed by atoms with Crippen molar-refractivity contribution in [1.29, 1.82) is 5.41 Å². The molecule has 2 unspecified atom stereocenters. The number of nitrogens with two attached hydrogens (primary N) is 1. The van der Waals surface area contributed by atoms with E-state index in [1.165, 1.54) is 13.8 Å². The van der Waals surface area contributed by atoms with E-state index in [0.29, 0.717) is 23.2 Å². The van der Waals surface area contributed by atoms with Crippen LogP contribution in [-0.2, 0) is 17.4 Å². The van der Waals surface area contributed by atoms with Gasteiger partial charge >= 0.3 is 6.18 Å². The van der Waals surface area contributed by atoms with E-state index in [2.05, 4.69) is 10.3 Å². The first-order valence-corrected chi connectivity index (χ1v) is 11.9. The van der Waals surface area contributed by atoms with E-state index in [4.69, 9.17) is 27.5 Å². The zero-order valence-electron chi connectivity index (χ0n) is 20.6. The molecule has 2 aromatic carbocycles. The predicted molar refractivity (Wildman–Crippen MR) is 137 cm³/mol. The molecular formula is C27H28ClF3N4O2. The van der Waals surface area contributed by atoms with E-state index in [-0.39, 0.29) is 17.6 Å². The molecule has 2 atom stereocenters. The number of hydrogen-bond donors (Lipinski definition) is 3. The minimum atomic E-state index is -4.52. The molecule has 0 saturated heterocycles. The Labute approximate surface area is 218 Å². The van der Waals surface area contributed by atoms with Gasteiger partial charge in [0.25, 0.3) is 5.91 Å². The fourth-order valence-electron chi connectivity index (χ4n) is 3.79. The lowest BCUT2D eigenvalue weighted by Crippen LogP contribution is -2.51. The van der Waals surface area contributed by atoms with Crippen LogP contribution in [0.15, 0.2) is 66.9 Å². The van der Waals surface area contributed by atoms with Gasteiger partial charge in [0.1, 0.15) is 5.84 Å². The summed E-state index contributed by atoms with van der Waals surface area (Å²) < 4.78 is 44.1. The second-order valence-electron chi connectivity index (χ2n) is 9.23. The fourth-order valence-corrected chi connectivity index (χ4v) is 3.92. The molecule has 4 N–H and O–H groups in total. The summed E-state index contributed by atoms with van der Waals surface area (Å²) in [6.07, 6.45) is -3.30. The quantitative estimate of drug-likeness (QED) is 0.242. The van der Waals surface area contributed by atoms with Crippen molar-refractivity contribution < 1.29 is 22.7 Å². The molecule has 0 saturated carbocycles. The zero-order valence-corrected chi connectivity index (χ0v) is 21.3. The molecule has 0 aliphatic heterocycles. The first kappa shape index (κ1) is 28.0. The number of rotatable bonds is 9. The van der Waals surface area contributed by atoms with Crippen molar-refractivity contribution in [1.82, 2.24) is 10.3 Å². The Morgan fingerprint density at radius 1 is 1.14 bits per heavy atom. The van der Waals surface area contributed by atoms with Crippen LogP contribution in [0.1, 0.15) is 48.9 Å². The monoisotopic (exact) mass is 532 g/mol. The Hall–Kier alpha value is -3.59. The SMILES string of the molecule is CC(NC(=O)C(C)(C)Oc1ccc(C(F)(F)F)cn1)C(Cc1ccc(Cl)cc1)c1cccc(C(=N)N)c1. The number of carbonyl (C=O) groups is 1. The van der Waals surface area contributed by atoms with Crippen molar-refractivity contribution >= 4 is 23.3 Å². The third-order valence-corrected chi connectivity index (χ3v) is 6.18. The number of hydrogen-bond acceptors (Lipinski definition) is 4. The number of halogens is 4. The van der Waals surface area contributed by atoms with Crippen LogP contribution in [0.25, 0.3) is 0 Å². The number of aromatic nitrogens is 1. The van der Waals surface area contributed by atoms with Gasteiger partial charge in [0.05, 0.1) is 5.56 Å². The van der Waals surface area contributed by atoms with Gasteiger partial charge in [-0.3, -0.25) is 10.2 Å². The Balaban J connectivity index is 1.81. The second-order valence-corrected chi connectivity index (χ2v) is 9.67. The fraction of sp³-hybridized carbons (Fsp3) is 0.296. The van der Waals surface area contributed by atoms with Crippen molar-refractivity contribution in [2.24, 2.45) is 5.73 Å². The molecule has 37 heavy (non-hydrogen) atoms. The molecule has 0 fully saturated rings. The van der Waals surface area contributed by atoms with E-state index in [1.54, 1.807) is 24.3 Å². The summed E-state index contributed by atoms with van der Waals surface area (Å²) in [4.78, 5) is 16.9. The van der Waals surface area contributed by atoms with Crippen molar-refractivity contribution in [3.8, 4) is 5.88 Å². The van der Waals surface area contributed by atoms with Gasteiger partial charge in [0.2, 0.25) is 5.88 Å². The van der Waals surface area contributed by atoms with Crippen LogP contribution in [0.2, 0.25) is 5.02 Å². The van der Waals surface area contributed by atoms with Crippen molar-refractivity contribution in [2.75, 3.05) is 0 Å². The summed E-state index contributed by atoms with van der Waals surface area (Å²) in [5, 5.41) is 11.4. The van der Waals surface area contributed by atoms with Crippen LogP contribution in [0.4, 0.5) is 13.2 Å². The summed E-state index contributed by atoms with van der Waals surface area (Å²) >= 11 is 6.03. The number of ether oxygens (including phenoxy) is 1. The highest BCUT2D eigenvalue weighted by Gasteiger charge is 2.34. The Morgan fingerprint density at radius 2 is 1.81 bits per heavy atom. The normalized spacial score (nSPS) is 13.5. The lowest BCUT2D eigenvalue weighted by atomic mass is 9.85. The number of alkyl halides is 3. The van der Waals surface area contributed by atoms with Crippen molar-refractivity contribution in [2.45, 2.75) is 50.9 Å². The molecule has 10 heteroatoms. The van der Waals surface area contributed by atoms with Crippen LogP contribution in [0, 0.1) is 5.41 Å². The van der Waals surface area contributed by atoms with E-state index in [9.17, 15) is 18.0 Å². The first-order chi connectivity index (χ1) is 17.3. The maximum absolute atomic E-state index is 13.2. The number of amides is 1. The molecule has 0 spiro atoms. The lowest BCUT2D eigenvalue weighted by molar-refractivity contribution is -0.138. The highest BCUT2D eigenvalue weighted by atomic mass is 35.5. The number of pyridine rings is 1. The number of nitrogens with one attached hydrogen (secondary N) is 2. The molecule has 1 aromatic heterocycles. The molecule has 1 heterocycles. The van der Waals surface area contributed by atoms with Crippen LogP contribution in [-0.4, -0.2) is 28.4 Å². The third-order valence-electron chi connectivity index (χ3n) is 5.93. The summed E-state index contributed by atoms with van der Waals surface area (Å²) in [7, 11) is 0. The molecule has 3 aromatic rings. The number of benzene rings is 2.